The molecule has 0 saturated carbocycles. The Bertz CT molecular complexity index is 124. The summed E-state index contributed by atoms with van der Waals surface area (Å²) in [6, 6.07) is -0.499. The van der Waals surface area contributed by atoms with Crippen LogP contribution < -0.4 is 5.73 Å². The van der Waals surface area contributed by atoms with Crippen molar-refractivity contribution in [3.8, 4) is 0 Å². The second-order valence-electron chi connectivity index (χ2n) is 2.86. The van der Waals surface area contributed by atoms with Gasteiger partial charge in [0.15, 0.2) is 0 Å². The van der Waals surface area contributed by atoms with Crippen LogP contribution in [0.5, 0.6) is 0 Å². The largest absolute Gasteiger partial charge is 0.463 e. The van der Waals surface area contributed by atoms with Gasteiger partial charge in [-0.1, -0.05) is 6.92 Å². The maximum atomic E-state index is 11.0. The van der Waals surface area contributed by atoms with Crippen molar-refractivity contribution in [3.05, 3.63) is 0 Å². The zero-order valence-corrected chi connectivity index (χ0v) is 7.62. The van der Waals surface area contributed by atoms with Crippen molar-refractivity contribution in [1.29, 1.82) is 0 Å². The van der Waals surface area contributed by atoms with Crippen LogP contribution in [0.15, 0.2) is 0 Å². The second-order valence-corrected chi connectivity index (χ2v) is 2.86. The highest BCUT2D eigenvalue weighted by atomic mass is 16.5. The fourth-order valence-electron chi connectivity index (χ4n) is 0.634. The Hall–Kier alpha value is -0.610. The van der Waals surface area contributed by atoms with Crippen LogP contribution >= 0.6 is 0 Å². The van der Waals surface area contributed by atoms with Crippen molar-refractivity contribution in [2.24, 2.45) is 5.73 Å². The summed E-state index contributed by atoms with van der Waals surface area (Å²) < 4.78 is 4.94. The second kappa shape index (κ2) is 5.97. The van der Waals surface area contributed by atoms with E-state index in [9.17, 15) is 4.79 Å². The van der Waals surface area contributed by atoms with Crippen molar-refractivity contribution in [2.45, 2.75) is 38.8 Å². The SMILES string of the molecule is CC[C@@H](C)OC(=O)CC(N)CO. The summed E-state index contributed by atoms with van der Waals surface area (Å²) in [4.78, 5) is 11.0. The fourth-order valence-corrected chi connectivity index (χ4v) is 0.634. The van der Waals surface area contributed by atoms with Gasteiger partial charge in [-0.2, -0.15) is 0 Å². The maximum Gasteiger partial charge on any atom is 0.307 e. The van der Waals surface area contributed by atoms with Gasteiger partial charge in [0.2, 0.25) is 0 Å². The zero-order valence-electron chi connectivity index (χ0n) is 7.62. The fraction of sp³-hybridized carbons (Fsp3) is 0.875. The average Bonchev–Trinajstić information content (AvgIpc) is 2.03. The van der Waals surface area contributed by atoms with Crippen LogP contribution in [0.3, 0.4) is 0 Å². The molecule has 0 aromatic carbocycles. The molecule has 72 valence electrons. The van der Waals surface area contributed by atoms with Crippen LogP contribution in [0.25, 0.3) is 0 Å². The minimum absolute atomic E-state index is 0.0663. The monoisotopic (exact) mass is 175 g/mol. The summed E-state index contributed by atoms with van der Waals surface area (Å²) in [5, 5.41) is 8.54. The van der Waals surface area contributed by atoms with E-state index in [-0.39, 0.29) is 25.1 Å². The van der Waals surface area contributed by atoms with Crippen LogP contribution in [0, 0.1) is 0 Å². The topological polar surface area (TPSA) is 72.5 Å². The van der Waals surface area contributed by atoms with Crippen molar-refractivity contribution < 1.29 is 14.6 Å². The van der Waals surface area contributed by atoms with E-state index in [1.165, 1.54) is 0 Å². The zero-order chi connectivity index (χ0) is 9.56. The number of aliphatic hydroxyl groups is 1. The van der Waals surface area contributed by atoms with Crippen molar-refractivity contribution in [1.82, 2.24) is 0 Å². The first-order valence-electron chi connectivity index (χ1n) is 4.16. The third-order valence-electron chi connectivity index (χ3n) is 1.57. The number of carbonyl (C=O) groups excluding carboxylic acids is 1. The predicted octanol–water partition coefficient (Wildman–Crippen LogP) is 0.0378. The predicted molar refractivity (Wildman–Crippen MR) is 45.5 cm³/mol. The molecule has 0 aliphatic carbocycles. The first-order chi connectivity index (χ1) is 5.60. The van der Waals surface area contributed by atoms with E-state index in [4.69, 9.17) is 15.6 Å². The van der Waals surface area contributed by atoms with Crippen LogP contribution in [0.1, 0.15) is 26.7 Å². The van der Waals surface area contributed by atoms with Crippen LogP contribution in [0.4, 0.5) is 0 Å². The molecular weight excluding hydrogens is 158 g/mol. The molecule has 4 heteroatoms. The molecule has 0 heterocycles. The number of nitrogens with two attached hydrogens (primary N) is 1. The smallest absolute Gasteiger partial charge is 0.307 e. The molecule has 0 aromatic heterocycles. The number of ether oxygens (including phenoxy) is 1. The van der Waals surface area contributed by atoms with Gasteiger partial charge in [0.05, 0.1) is 19.1 Å². The van der Waals surface area contributed by atoms with Crippen LogP contribution in [-0.2, 0) is 9.53 Å². The van der Waals surface area contributed by atoms with Gasteiger partial charge in [-0.15, -0.1) is 0 Å². The number of carbonyl (C=O) groups is 1. The van der Waals surface area contributed by atoms with Gasteiger partial charge in [-0.3, -0.25) is 4.79 Å². The average molecular weight is 175 g/mol. The van der Waals surface area contributed by atoms with Gasteiger partial charge in [-0.05, 0) is 13.3 Å². The highest BCUT2D eigenvalue weighted by molar-refractivity contribution is 5.70. The Kier molecular flexibility index (Phi) is 5.66. The molecule has 0 aromatic rings. The molecule has 0 saturated heterocycles. The molecule has 3 N–H and O–H groups in total. The molecule has 0 spiro atoms. The lowest BCUT2D eigenvalue weighted by atomic mass is 10.2. The van der Waals surface area contributed by atoms with Gasteiger partial charge in [0.25, 0.3) is 0 Å². The molecular formula is C8H17NO3. The van der Waals surface area contributed by atoms with Gasteiger partial charge in [0.1, 0.15) is 0 Å². The third kappa shape index (κ3) is 5.09. The van der Waals surface area contributed by atoms with Crippen molar-refractivity contribution in [2.75, 3.05) is 6.61 Å². The lowest BCUT2D eigenvalue weighted by molar-refractivity contribution is -0.148. The first kappa shape index (κ1) is 11.4. The van der Waals surface area contributed by atoms with E-state index in [1.54, 1.807) is 0 Å². The molecule has 0 aliphatic rings. The Balaban J connectivity index is 3.59. The van der Waals surface area contributed by atoms with E-state index in [1.807, 2.05) is 13.8 Å². The highest BCUT2D eigenvalue weighted by Crippen LogP contribution is 1.99. The van der Waals surface area contributed by atoms with E-state index >= 15 is 0 Å². The van der Waals surface area contributed by atoms with Crippen LogP contribution in [0.2, 0.25) is 0 Å². The summed E-state index contributed by atoms with van der Waals surface area (Å²) >= 11 is 0. The normalized spacial score (nSPS) is 15.3. The summed E-state index contributed by atoms with van der Waals surface area (Å²) in [7, 11) is 0. The van der Waals surface area contributed by atoms with Crippen LogP contribution in [-0.4, -0.2) is 29.8 Å². The number of aliphatic hydroxyl groups excluding tert-OH is 1. The van der Waals surface area contributed by atoms with E-state index < -0.39 is 6.04 Å². The third-order valence-corrected chi connectivity index (χ3v) is 1.57. The number of hydrogen-bond acceptors (Lipinski definition) is 4. The molecule has 0 radical (unpaired) electrons. The number of rotatable bonds is 5. The molecule has 0 bridgehead atoms. The standard InChI is InChI=1S/C8H17NO3/c1-3-6(2)12-8(11)4-7(9)5-10/h6-7,10H,3-5,9H2,1-2H3/t6-,7?/m1/s1. The quantitative estimate of drug-likeness (QED) is 0.578. The van der Waals surface area contributed by atoms with Crippen molar-refractivity contribution >= 4 is 5.97 Å². The summed E-state index contributed by atoms with van der Waals surface area (Å²) in [6.45, 7) is 3.57. The van der Waals surface area contributed by atoms with Gasteiger partial charge in [0, 0.05) is 6.04 Å². The molecule has 0 amide bonds. The minimum atomic E-state index is -0.499. The Morgan fingerprint density at radius 1 is 1.67 bits per heavy atom. The lowest BCUT2D eigenvalue weighted by Crippen LogP contribution is -2.29. The van der Waals surface area contributed by atoms with E-state index in [2.05, 4.69) is 0 Å². The van der Waals surface area contributed by atoms with Gasteiger partial charge < -0.3 is 15.6 Å². The molecule has 2 atom stereocenters. The lowest BCUT2D eigenvalue weighted by Gasteiger charge is -2.12. The summed E-state index contributed by atoms with van der Waals surface area (Å²) in [6.07, 6.45) is 0.810. The molecule has 0 fully saturated rings. The molecule has 0 aliphatic heterocycles. The Morgan fingerprint density at radius 2 is 2.25 bits per heavy atom. The minimum Gasteiger partial charge on any atom is -0.463 e. The summed E-state index contributed by atoms with van der Waals surface area (Å²) in [5.41, 5.74) is 5.34. The molecule has 0 rings (SSSR count). The number of esters is 1. The Labute approximate surface area is 72.7 Å². The van der Waals surface area contributed by atoms with Gasteiger partial charge >= 0.3 is 5.97 Å². The molecule has 1 unspecified atom stereocenters. The maximum absolute atomic E-state index is 11.0. The summed E-state index contributed by atoms with van der Waals surface area (Å²) in [5.74, 6) is -0.342. The van der Waals surface area contributed by atoms with Crippen molar-refractivity contribution in [3.63, 3.8) is 0 Å². The molecule has 12 heavy (non-hydrogen) atoms. The Morgan fingerprint density at radius 3 is 2.67 bits per heavy atom. The molecule has 4 nitrogen and oxygen atoms in total. The first-order valence-corrected chi connectivity index (χ1v) is 4.16. The number of hydrogen-bond donors (Lipinski definition) is 2. The van der Waals surface area contributed by atoms with E-state index in [0.29, 0.717) is 0 Å². The van der Waals surface area contributed by atoms with Gasteiger partial charge in [-0.25, -0.2) is 0 Å². The van der Waals surface area contributed by atoms with E-state index in [0.717, 1.165) is 6.42 Å². The highest BCUT2D eigenvalue weighted by Gasteiger charge is 2.11.